The average Bonchev–Trinajstić information content (AvgIpc) is 2.72. The fourth-order valence-electron chi connectivity index (χ4n) is 2.65. The SMILES string of the molecule is NCCC1CCN(C2CCOC2)CC1. The van der Waals surface area contributed by atoms with Gasteiger partial charge < -0.3 is 10.5 Å². The van der Waals surface area contributed by atoms with Gasteiger partial charge in [-0.25, -0.2) is 0 Å². The number of rotatable bonds is 3. The second-order valence-electron chi connectivity index (χ2n) is 4.57. The molecule has 2 fully saturated rings. The van der Waals surface area contributed by atoms with Gasteiger partial charge in [0.1, 0.15) is 0 Å². The molecule has 1 atom stereocenters. The van der Waals surface area contributed by atoms with Gasteiger partial charge >= 0.3 is 0 Å². The highest BCUT2D eigenvalue weighted by molar-refractivity contribution is 4.80. The molecule has 14 heavy (non-hydrogen) atoms. The largest absolute Gasteiger partial charge is 0.380 e. The van der Waals surface area contributed by atoms with Crippen molar-refractivity contribution in [2.24, 2.45) is 11.7 Å². The van der Waals surface area contributed by atoms with Crippen LogP contribution in [0, 0.1) is 5.92 Å². The predicted octanol–water partition coefficient (Wildman–Crippen LogP) is 0.836. The average molecular weight is 198 g/mol. The summed E-state index contributed by atoms with van der Waals surface area (Å²) in [6, 6.07) is 0.717. The Hall–Kier alpha value is -0.120. The Morgan fingerprint density at radius 3 is 2.57 bits per heavy atom. The van der Waals surface area contributed by atoms with Gasteiger partial charge in [-0.1, -0.05) is 0 Å². The van der Waals surface area contributed by atoms with Crippen molar-refractivity contribution in [2.45, 2.75) is 31.7 Å². The van der Waals surface area contributed by atoms with E-state index in [9.17, 15) is 0 Å². The molecule has 2 N–H and O–H groups in total. The third kappa shape index (κ3) is 2.47. The molecule has 0 aromatic heterocycles. The van der Waals surface area contributed by atoms with Crippen LogP contribution in [0.25, 0.3) is 0 Å². The second-order valence-corrected chi connectivity index (χ2v) is 4.57. The van der Waals surface area contributed by atoms with Crippen LogP contribution >= 0.6 is 0 Å². The first-order valence-electron chi connectivity index (χ1n) is 5.92. The van der Waals surface area contributed by atoms with E-state index >= 15 is 0 Å². The molecule has 3 heteroatoms. The van der Waals surface area contributed by atoms with Crippen LogP contribution in [0.15, 0.2) is 0 Å². The lowest BCUT2D eigenvalue weighted by Gasteiger charge is -2.35. The Kier molecular flexibility index (Phi) is 3.79. The first kappa shape index (κ1) is 10.4. The third-order valence-electron chi connectivity index (χ3n) is 3.65. The van der Waals surface area contributed by atoms with Crippen LogP contribution in [-0.2, 0) is 4.74 Å². The molecule has 0 aliphatic carbocycles. The van der Waals surface area contributed by atoms with E-state index in [1.165, 1.54) is 38.8 Å². The summed E-state index contributed by atoms with van der Waals surface area (Å²) in [4.78, 5) is 2.61. The maximum atomic E-state index is 5.58. The molecule has 2 saturated heterocycles. The van der Waals surface area contributed by atoms with Crippen molar-refractivity contribution in [3.8, 4) is 0 Å². The van der Waals surface area contributed by atoms with Crippen LogP contribution in [-0.4, -0.2) is 43.8 Å². The molecule has 82 valence electrons. The van der Waals surface area contributed by atoms with Crippen molar-refractivity contribution < 1.29 is 4.74 Å². The molecule has 0 radical (unpaired) electrons. The smallest absolute Gasteiger partial charge is 0.0622 e. The van der Waals surface area contributed by atoms with E-state index in [-0.39, 0.29) is 0 Å². The topological polar surface area (TPSA) is 38.5 Å². The van der Waals surface area contributed by atoms with Gasteiger partial charge in [0.15, 0.2) is 0 Å². The quantitative estimate of drug-likeness (QED) is 0.730. The zero-order valence-electron chi connectivity index (χ0n) is 8.95. The zero-order chi connectivity index (χ0) is 9.80. The summed E-state index contributed by atoms with van der Waals surface area (Å²) >= 11 is 0. The minimum Gasteiger partial charge on any atom is -0.380 e. The number of nitrogens with two attached hydrogens (primary N) is 1. The molecular formula is C11H22N2O. The van der Waals surface area contributed by atoms with Crippen LogP contribution in [0.2, 0.25) is 0 Å². The summed E-state index contributed by atoms with van der Waals surface area (Å²) in [6.07, 6.45) is 5.14. The van der Waals surface area contributed by atoms with E-state index in [0.717, 1.165) is 25.7 Å². The molecule has 1 unspecified atom stereocenters. The summed E-state index contributed by atoms with van der Waals surface area (Å²) in [7, 11) is 0. The number of piperidine rings is 1. The minimum atomic E-state index is 0.717. The number of nitrogens with zero attached hydrogens (tertiary/aromatic N) is 1. The first-order valence-corrected chi connectivity index (χ1v) is 5.92. The molecule has 2 heterocycles. The highest BCUT2D eigenvalue weighted by Crippen LogP contribution is 2.23. The lowest BCUT2D eigenvalue weighted by atomic mass is 9.93. The van der Waals surface area contributed by atoms with Gasteiger partial charge in [-0.15, -0.1) is 0 Å². The Labute approximate surface area is 86.6 Å². The van der Waals surface area contributed by atoms with E-state index < -0.39 is 0 Å². The molecule has 2 rings (SSSR count). The number of ether oxygens (including phenoxy) is 1. The molecule has 2 aliphatic rings. The van der Waals surface area contributed by atoms with Crippen LogP contribution in [0.4, 0.5) is 0 Å². The van der Waals surface area contributed by atoms with Gasteiger partial charge in [0, 0.05) is 12.6 Å². The van der Waals surface area contributed by atoms with Gasteiger partial charge in [-0.3, -0.25) is 4.90 Å². The van der Waals surface area contributed by atoms with Crippen molar-refractivity contribution in [2.75, 3.05) is 32.8 Å². The predicted molar refractivity (Wildman–Crippen MR) is 57.2 cm³/mol. The Balaban J connectivity index is 1.72. The van der Waals surface area contributed by atoms with E-state index in [1.54, 1.807) is 0 Å². The van der Waals surface area contributed by atoms with Crippen molar-refractivity contribution in [1.82, 2.24) is 4.90 Å². The minimum absolute atomic E-state index is 0.717. The molecule has 0 spiro atoms. The van der Waals surface area contributed by atoms with Gasteiger partial charge in [0.25, 0.3) is 0 Å². The van der Waals surface area contributed by atoms with Crippen molar-refractivity contribution >= 4 is 0 Å². The normalized spacial score (nSPS) is 31.1. The number of hydrogen-bond acceptors (Lipinski definition) is 3. The monoisotopic (exact) mass is 198 g/mol. The van der Waals surface area contributed by atoms with Crippen LogP contribution < -0.4 is 5.73 Å². The summed E-state index contributed by atoms with van der Waals surface area (Å²) < 4.78 is 5.42. The molecule has 2 aliphatic heterocycles. The standard InChI is InChI=1S/C11H22N2O/c12-5-1-10-2-6-13(7-3-10)11-4-8-14-9-11/h10-11H,1-9,12H2. The fourth-order valence-corrected chi connectivity index (χ4v) is 2.65. The number of likely N-dealkylation sites (tertiary alicyclic amines) is 1. The molecule has 0 aromatic carbocycles. The van der Waals surface area contributed by atoms with E-state index in [2.05, 4.69) is 4.90 Å². The summed E-state index contributed by atoms with van der Waals surface area (Å²) in [6.45, 7) is 5.31. The highest BCUT2D eigenvalue weighted by Gasteiger charge is 2.27. The first-order chi connectivity index (χ1) is 6.90. The Morgan fingerprint density at radius 1 is 1.21 bits per heavy atom. The van der Waals surface area contributed by atoms with Gasteiger partial charge in [-0.2, -0.15) is 0 Å². The molecule has 0 aromatic rings. The zero-order valence-corrected chi connectivity index (χ0v) is 8.95. The van der Waals surface area contributed by atoms with Crippen molar-refractivity contribution in [1.29, 1.82) is 0 Å². The maximum absolute atomic E-state index is 5.58. The molecule has 0 amide bonds. The van der Waals surface area contributed by atoms with Gasteiger partial charge in [0.2, 0.25) is 0 Å². The molecule has 3 nitrogen and oxygen atoms in total. The maximum Gasteiger partial charge on any atom is 0.0622 e. The van der Waals surface area contributed by atoms with Crippen LogP contribution in [0.3, 0.4) is 0 Å². The van der Waals surface area contributed by atoms with Crippen LogP contribution in [0.1, 0.15) is 25.7 Å². The summed E-state index contributed by atoms with van der Waals surface area (Å²) in [5.41, 5.74) is 5.58. The van der Waals surface area contributed by atoms with Crippen LogP contribution in [0.5, 0.6) is 0 Å². The molecule has 0 saturated carbocycles. The molecule has 0 bridgehead atoms. The van der Waals surface area contributed by atoms with E-state index in [4.69, 9.17) is 10.5 Å². The highest BCUT2D eigenvalue weighted by atomic mass is 16.5. The summed E-state index contributed by atoms with van der Waals surface area (Å²) in [5.74, 6) is 0.888. The van der Waals surface area contributed by atoms with Gasteiger partial charge in [0.05, 0.1) is 6.61 Å². The van der Waals surface area contributed by atoms with Crippen molar-refractivity contribution in [3.05, 3.63) is 0 Å². The number of hydrogen-bond donors (Lipinski definition) is 1. The summed E-state index contributed by atoms with van der Waals surface area (Å²) in [5, 5.41) is 0. The van der Waals surface area contributed by atoms with E-state index in [0.29, 0.717) is 6.04 Å². The molecular weight excluding hydrogens is 176 g/mol. The second kappa shape index (κ2) is 5.10. The van der Waals surface area contributed by atoms with E-state index in [1.807, 2.05) is 0 Å². The Bertz CT molecular complexity index is 161. The lowest BCUT2D eigenvalue weighted by Crippen LogP contribution is -2.42. The van der Waals surface area contributed by atoms with Gasteiger partial charge in [-0.05, 0) is 51.2 Å². The van der Waals surface area contributed by atoms with Crippen molar-refractivity contribution in [3.63, 3.8) is 0 Å². The lowest BCUT2D eigenvalue weighted by molar-refractivity contribution is 0.108. The fraction of sp³-hybridized carbons (Fsp3) is 1.00. The Morgan fingerprint density at radius 2 is 2.00 bits per heavy atom. The third-order valence-corrected chi connectivity index (χ3v) is 3.65.